The fraction of sp³-hybridized carbons (Fsp3) is 0.367. The molecule has 4 heterocycles. The number of anilines is 3. The zero-order valence-corrected chi connectivity index (χ0v) is 23.1. The number of hydrogen-bond donors (Lipinski definition) is 4. The van der Waals surface area contributed by atoms with E-state index >= 15 is 0 Å². The maximum atomic E-state index is 12.6. The Labute approximate surface area is 238 Å². The van der Waals surface area contributed by atoms with Crippen LogP contribution >= 0.6 is 11.6 Å². The summed E-state index contributed by atoms with van der Waals surface area (Å²) in [7, 11) is 0. The Morgan fingerprint density at radius 3 is 2.60 bits per heavy atom. The van der Waals surface area contributed by atoms with Crippen LogP contribution in [-0.4, -0.2) is 58.3 Å². The van der Waals surface area contributed by atoms with Crippen LogP contribution in [0.25, 0.3) is 5.65 Å². The Morgan fingerprint density at radius 1 is 1.10 bits per heavy atom. The van der Waals surface area contributed by atoms with E-state index in [0.717, 1.165) is 48.5 Å². The molecule has 4 aromatic rings. The van der Waals surface area contributed by atoms with Gasteiger partial charge in [-0.15, -0.1) is 5.10 Å². The molecule has 0 bridgehead atoms. The van der Waals surface area contributed by atoms with Crippen molar-refractivity contribution in [1.82, 2.24) is 25.2 Å². The van der Waals surface area contributed by atoms with Gasteiger partial charge in [-0.2, -0.15) is 4.98 Å². The summed E-state index contributed by atoms with van der Waals surface area (Å²) in [6.45, 7) is 4.09. The van der Waals surface area contributed by atoms with Gasteiger partial charge in [0.25, 0.3) is 5.91 Å². The average Bonchev–Trinajstić information content (AvgIpc) is 3.40. The van der Waals surface area contributed by atoms with Gasteiger partial charge in [0.2, 0.25) is 5.95 Å². The molecule has 0 aliphatic carbocycles. The van der Waals surface area contributed by atoms with E-state index in [4.69, 9.17) is 16.6 Å². The fourth-order valence-corrected chi connectivity index (χ4v) is 5.76. The van der Waals surface area contributed by atoms with Crippen molar-refractivity contribution in [3.05, 3.63) is 83.0 Å². The van der Waals surface area contributed by atoms with Crippen LogP contribution in [0.2, 0.25) is 5.02 Å². The van der Waals surface area contributed by atoms with E-state index in [-0.39, 0.29) is 5.91 Å². The number of carbonyl (C=O) groups excluding carboxylic acids is 1. The zero-order valence-electron chi connectivity index (χ0n) is 22.3. The zero-order chi connectivity index (χ0) is 27.5. The van der Waals surface area contributed by atoms with Gasteiger partial charge in [0.05, 0.1) is 11.3 Å². The number of fused-ring (bicyclic) bond motifs is 1. The Morgan fingerprint density at radius 2 is 1.88 bits per heavy atom. The number of amides is 1. The van der Waals surface area contributed by atoms with Crippen LogP contribution in [0.15, 0.2) is 66.9 Å². The van der Waals surface area contributed by atoms with Crippen molar-refractivity contribution in [2.75, 3.05) is 42.9 Å². The first-order chi connectivity index (χ1) is 19.5. The normalized spacial score (nSPS) is 18.9. The van der Waals surface area contributed by atoms with E-state index in [0.29, 0.717) is 54.9 Å². The maximum Gasteiger partial charge on any atom is 0.251 e. The molecule has 2 aromatic carbocycles. The molecule has 1 atom stereocenters. The van der Waals surface area contributed by atoms with Crippen LogP contribution in [0.5, 0.6) is 0 Å². The molecule has 0 spiro atoms. The smallest absolute Gasteiger partial charge is 0.251 e. The van der Waals surface area contributed by atoms with Gasteiger partial charge in [-0.25, -0.2) is 4.52 Å². The van der Waals surface area contributed by atoms with Crippen molar-refractivity contribution in [2.45, 2.75) is 31.3 Å². The Bertz CT molecular complexity index is 1460. The third-order valence-electron chi connectivity index (χ3n) is 8.01. The minimum atomic E-state index is -0.872. The predicted molar refractivity (Wildman–Crippen MR) is 157 cm³/mol. The molecule has 208 valence electrons. The van der Waals surface area contributed by atoms with Crippen LogP contribution in [0.1, 0.15) is 41.6 Å². The van der Waals surface area contributed by atoms with E-state index in [2.05, 4.69) is 25.9 Å². The number of nitrogens with one attached hydrogen (secondary N) is 3. The number of benzene rings is 2. The molecule has 40 heavy (non-hydrogen) atoms. The van der Waals surface area contributed by atoms with E-state index in [1.54, 1.807) is 4.52 Å². The molecule has 1 amide bonds. The number of hydrogen-bond acceptors (Lipinski definition) is 7. The van der Waals surface area contributed by atoms with Gasteiger partial charge in [0, 0.05) is 42.1 Å². The highest BCUT2D eigenvalue weighted by molar-refractivity contribution is 6.30. The standard InChI is InChI=1S/C30H34ClN7O2/c31-24-9-7-23(8-10-24)30(40)13-17-37(18-14-30)26-4-2-16-38-27(26)35-29(36-38)34-25-11-5-22(6-12-25)28(39)33-20-21-3-1-15-32-19-21/h2,4-12,16,21,32,40H,1,3,13-15,17-20H2,(H,33,39)(H,34,36). The lowest BCUT2D eigenvalue weighted by molar-refractivity contribution is 0.0118. The van der Waals surface area contributed by atoms with Crippen molar-refractivity contribution in [3.63, 3.8) is 0 Å². The molecule has 1 unspecified atom stereocenters. The van der Waals surface area contributed by atoms with Gasteiger partial charge in [-0.3, -0.25) is 4.79 Å². The van der Waals surface area contributed by atoms with Gasteiger partial charge in [-0.05, 0) is 98.8 Å². The molecule has 0 saturated carbocycles. The number of aliphatic hydroxyl groups is 1. The van der Waals surface area contributed by atoms with Crippen LogP contribution < -0.4 is 20.9 Å². The number of aromatic nitrogens is 3. The number of carbonyl (C=O) groups is 1. The van der Waals surface area contributed by atoms with Crippen LogP contribution in [-0.2, 0) is 5.60 Å². The maximum absolute atomic E-state index is 12.6. The quantitative estimate of drug-likeness (QED) is 0.267. The minimum absolute atomic E-state index is 0.0582. The lowest BCUT2D eigenvalue weighted by atomic mass is 9.84. The molecule has 6 rings (SSSR count). The highest BCUT2D eigenvalue weighted by Gasteiger charge is 2.34. The summed E-state index contributed by atoms with van der Waals surface area (Å²) in [6.07, 6.45) is 5.39. The molecule has 2 saturated heterocycles. The summed E-state index contributed by atoms with van der Waals surface area (Å²) in [5, 5.41) is 26.3. The van der Waals surface area contributed by atoms with Gasteiger partial charge in [-0.1, -0.05) is 23.7 Å². The lowest BCUT2D eigenvalue weighted by Crippen LogP contribution is -2.42. The first-order valence-electron chi connectivity index (χ1n) is 13.9. The third-order valence-corrected chi connectivity index (χ3v) is 8.26. The number of pyridine rings is 1. The molecule has 2 aromatic heterocycles. The molecule has 2 aliphatic heterocycles. The Balaban J connectivity index is 1.10. The SMILES string of the molecule is O=C(NCC1CCCNC1)c1ccc(Nc2nc3c(N4CCC(O)(c5ccc(Cl)cc5)CC4)cccn3n2)cc1. The van der Waals surface area contributed by atoms with Crippen molar-refractivity contribution in [1.29, 1.82) is 0 Å². The lowest BCUT2D eigenvalue weighted by Gasteiger charge is -2.39. The van der Waals surface area contributed by atoms with Gasteiger partial charge >= 0.3 is 0 Å². The molecule has 4 N–H and O–H groups in total. The van der Waals surface area contributed by atoms with Gasteiger partial charge in [0.1, 0.15) is 0 Å². The van der Waals surface area contributed by atoms with Gasteiger partial charge in [0.15, 0.2) is 5.65 Å². The number of rotatable bonds is 7. The largest absolute Gasteiger partial charge is 0.385 e. The number of piperidine rings is 2. The van der Waals surface area contributed by atoms with Crippen molar-refractivity contribution in [3.8, 4) is 0 Å². The van der Waals surface area contributed by atoms with Crippen molar-refractivity contribution in [2.24, 2.45) is 5.92 Å². The number of halogens is 1. The highest BCUT2D eigenvalue weighted by Crippen LogP contribution is 2.36. The minimum Gasteiger partial charge on any atom is -0.385 e. The van der Waals surface area contributed by atoms with Gasteiger partial charge < -0.3 is 26.0 Å². The predicted octanol–water partition coefficient (Wildman–Crippen LogP) is 4.34. The topological polar surface area (TPSA) is 107 Å². The first-order valence-corrected chi connectivity index (χ1v) is 14.3. The molecule has 0 radical (unpaired) electrons. The molecule has 2 aliphatic rings. The van der Waals surface area contributed by atoms with E-state index < -0.39 is 5.60 Å². The van der Waals surface area contributed by atoms with Crippen LogP contribution in [0.4, 0.5) is 17.3 Å². The first kappa shape index (κ1) is 26.6. The molecular weight excluding hydrogens is 526 g/mol. The van der Waals surface area contributed by atoms with E-state index in [9.17, 15) is 9.90 Å². The second kappa shape index (κ2) is 11.4. The third kappa shape index (κ3) is 5.77. The molecular formula is C30H34ClN7O2. The number of nitrogens with zero attached hydrogens (tertiary/aromatic N) is 4. The molecule has 9 nitrogen and oxygen atoms in total. The molecule has 2 fully saturated rings. The van der Waals surface area contributed by atoms with Crippen molar-refractivity contribution < 1.29 is 9.90 Å². The van der Waals surface area contributed by atoms with Crippen molar-refractivity contribution >= 4 is 40.5 Å². The summed E-state index contributed by atoms with van der Waals surface area (Å²) >= 11 is 6.04. The second-order valence-electron chi connectivity index (χ2n) is 10.7. The van der Waals surface area contributed by atoms with Crippen LogP contribution in [0, 0.1) is 5.92 Å². The fourth-order valence-electron chi connectivity index (χ4n) is 5.63. The Kier molecular flexibility index (Phi) is 7.60. The highest BCUT2D eigenvalue weighted by atomic mass is 35.5. The van der Waals surface area contributed by atoms with E-state index in [1.807, 2.05) is 66.9 Å². The monoisotopic (exact) mass is 559 g/mol. The second-order valence-corrected chi connectivity index (χ2v) is 11.2. The summed E-state index contributed by atoms with van der Waals surface area (Å²) in [5.41, 5.74) is 3.17. The van der Waals surface area contributed by atoms with E-state index in [1.165, 1.54) is 0 Å². The summed E-state index contributed by atoms with van der Waals surface area (Å²) < 4.78 is 1.76. The van der Waals surface area contributed by atoms with Crippen LogP contribution in [0.3, 0.4) is 0 Å². The summed E-state index contributed by atoms with van der Waals surface area (Å²) in [6, 6.07) is 18.8. The average molecular weight is 560 g/mol. The summed E-state index contributed by atoms with van der Waals surface area (Å²) in [4.78, 5) is 19.6. The summed E-state index contributed by atoms with van der Waals surface area (Å²) in [5.74, 6) is 0.908. The Hall–Kier alpha value is -3.66. The molecule has 10 heteroatoms.